The highest BCUT2D eigenvalue weighted by molar-refractivity contribution is 5.92. The van der Waals surface area contributed by atoms with Gasteiger partial charge in [-0.1, -0.05) is 18.0 Å². The molecule has 0 spiro atoms. The summed E-state index contributed by atoms with van der Waals surface area (Å²) >= 11 is 0. The predicted octanol–water partition coefficient (Wildman–Crippen LogP) is 2.01. The van der Waals surface area contributed by atoms with E-state index in [1.165, 1.54) is 0 Å². The molecule has 0 bridgehead atoms. The van der Waals surface area contributed by atoms with E-state index in [1.54, 1.807) is 6.20 Å². The van der Waals surface area contributed by atoms with Gasteiger partial charge < -0.3 is 19.1 Å². The first-order chi connectivity index (χ1) is 12.4. The lowest BCUT2D eigenvalue weighted by Gasteiger charge is -2.26. The predicted molar refractivity (Wildman–Crippen MR) is 78.8 cm³/mol. The first-order valence-corrected chi connectivity index (χ1v) is 8.25. The summed E-state index contributed by atoms with van der Waals surface area (Å²) in [6.45, 7) is 1.45. The van der Waals surface area contributed by atoms with Gasteiger partial charge in [0.05, 0.1) is 6.61 Å². The molecule has 1 saturated carbocycles. The van der Waals surface area contributed by atoms with Crippen LogP contribution in [0.2, 0.25) is 0 Å². The molecule has 2 aromatic heterocycles. The van der Waals surface area contributed by atoms with Crippen LogP contribution in [0.5, 0.6) is 0 Å². The smallest absolute Gasteiger partial charge is 0.372 e. The summed E-state index contributed by atoms with van der Waals surface area (Å²) in [6, 6.07) is 0. The number of halogens is 3. The summed E-state index contributed by atoms with van der Waals surface area (Å²) < 4.78 is 49.8. The molecule has 1 fully saturated rings. The summed E-state index contributed by atoms with van der Waals surface area (Å²) in [7, 11) is 0. The quantitative estimate of drug-likeness (QED) is 0.887. The Hall–Kier alpha value is -2.43. The van der Waals surface area contributed by atoms with Gasteiger partial charge >= 0.3 is 12.1 Å². The van der Waals surface area contributed by atoms with Crippen molar-refractivity contribution in [3.8, 4) is 0 Å². The van der Waals surface area contributed by atoms with Crippen LogP contribution >= 0.6 is 0 Å². The Labute approximate surface area is 145 Å². The fourth-order valence-electron chi connectivity index (χ4n) is 3.40. The molecule has 8 nitrogen and oxygen atoms in total. The lowest BCUT2D eigenvalue weighted by Crippen LogP contribution is -2.44. The molecule has 0 aromatic carbocycles. The standard InChI is InChI=1S/C15H16F3N5O3/c16-15(17,18)13-20-12(22-26-13)14(3-1-2-4-14)21-11(24)9-7-23-5-6-25-8-10(23)19-9/h7H,1-6,8H2,(H,21,24). The molecule has 1 amide bonds. The largest absolute Gasteiger partial charge is 0.471 e. The van der Waals surface area contributed by atoms with Crippen LogP contribution in [0.1, 0.15) is 53.7 Å². The second-order valence-electron chi connectivity index (χ2n) is 6.45. The van der Waals surface area contributed by atoms with Gasteiger partial charge in [-0.2, -0.15) is 18.2 Å². The third-order valence-electron chi connectivity index (χ3n) is 4.71. The Kier molecular flexibility index (Phi) is 3.98. The minimum Gasteiger partial charge on any atom is -0.372 e. The highest BCUT2D eigenvalue weighted by Gasteiger charge is 2.45. The van der Waals surface area contributed by atoms with Crippen LogP contribution in [0.15, 0.2) is 10.7 Å². The Morgan fingerprint density at radius 3 is 2.69 bits per heavy atom. The summed E-state index contributed by atoms with van der Waals surface area (Å²) in [5, 5.41) is 6.27. The molecule has 0 radical (unpaired) electrons. The maximum absolute atomic E-state index is 12.8. The van der Waals surface area contributed by atoms with Crippen molar-refractivity contribution in [3.63, 3.8) is 0 Å². The zero-order chi connectivity index (χ0) is 18.4. The van der Waals surface area contributed by atoms with Gasteiger partial charge in [0, 0.05) is 12.7 Å². The van der Waals surface area contributed by atoms with Gasteiger partial charge in [0.1, 0.15) is 23.7 Å². The molecule has 11 heteroatoms. The number of imidazole rings is 1. The first-order valence-electron chi connectivity index (χ1n) is 8.25. The number of ether oxygens (including phenoxy) is 1. The monoisotopic (exact) mass is 371 g/mol. The van der Waals surface area contributed by atoms with E-state index in [0.717, 1.165) is 12.8 Å². The second-order valence-corrected chi connectivity index (χ2v) is 6.45. The van der Waals surface area contributed by atoms with Crippen LogP contribution in [-0.2, 0) is 29.6 Å². The number of nitrogens with one attached hydrogen (secondary N) is 1. The lowest BCUT2D eigenvalue weighted by molar-refractivity contribution is -0.159. The molecule has 2 aromatic rings. The molecule has 1 N–H and O–H groups in total. The Balaban J connectivity index is 1.59. The number of nitrogens with zero attached hydrogens (tertiary/aromatic N) is 4. The van der Waals surface area contributed by atoms with Crippen molar-refractivity contribution in [3.05, 3.63) is 29.4 Å². The molecule has 0 saturated heterocycles. The van der Waals surface area contributed by atoms with Gasteiger partial charge in [-0.15, -0.1) is 0 Å². The van der Waals surface area contributed by atoms with E-state index in [2.05, 4.69) is 25.0 Å². The van der Waals surface area contributed by atoms with E-state index in [1.807, 2.05) is 4.57 Å². The van der Waals surface area contributed by atoms with E-state index in [4.69, 9.17) is 4.74 Å². The van der Waals surface area contributed by atoms with Crippen molar-refractivity contribution in [2.45, 2.75) is 50.6 Å². The number of hydrogen-bond donors (Lipinski definition) is 1. The number of alkyl halides is 3. The summed E-state index contributed by atoms with van der Waals surface area (Å²) in [5.74, 6) is -1.40. The molecule has 140 valence electrons. The fourth-order valence-corrected chi connectivity index (χ4v) is 3.40. The Bertz CT molecular complexity index is 799. The summed E-state index contributed by atoms with van der Waals surface area (Å²) in [4.78, 5) is 20.4. The number of amides is 1. The molecular formula is C15H16F3N5O3. The molecule has 1 aliphatic carbocycles. The zero-order valence-electron chi connectivity index (χ0n) is 13.7. The minimum atomic E-state index is -4.72. The number of fused-ring (bicyclic) bond motifs is 1. The molecule has 26 heavy (non-hydrogen) atoms. The number of aromatic nitrogens is 4. The Morgan fingerprint density at radius 1 is 1.27 bits per heavy atom. The maximum atomic E-state index is 12.8. The number of rotatable bonds is 3. The topological polar surface area (TPSA) is 95.1 Å². The fraction of sp³-hybridized carbons (Fsp3) is 0.600. The van der Waals surface area contributed by atoms with Gasteiger partial charge in [0.2, 0.25) is 0 Å². The van der Waals surface area contributed by atoms with Crippen molar-refractivity contribution in [2.24, 2.45) is 0 Å². The van der Waals surface area contributed by atoms with Crippen LogP contribution in [-0.4, -0.2) is 32.2 Å². The Morgan fingerprint density at radius 2 is 2.04 bits per heavy atom. The third kappa shape index (κ3) is 2.96. The van der Waals surface area contributed by atoms with Crippen LogP contribution < -0.4 is 5.32 Å². The minimum absolute atomic E-state index is 0.150. The van der Waals surface area contributed by atoms with E-state index >= 15 is 0 Å². The van der Waals surface area contributed by atoms with Gasteiger partial charge in [-0.25, -0.2) is 4.98 Å². The highest BCUT2D eigenvalue weighted by atomic mass is 19.4. The first kappa shape index (κ1) is 17.0. The maximum Gasteiger partial charge on any atom is 0.471 e. The molecule has 0 atom stereocenters. The normalized spacial score (nSPS) is 19.3. The lowest BCUT2D eigenvalue weighted by atomic mass is 9.96. The average Bonchev–Trinajstić information content (AvgIpc) is 3.32. The molecule has 0 unspecified atom stereocenters. The van der Waals surface area contributed by atoms with Crippen molar-refractivity contribution < 1.29 is 27.2 Å². The van der Waals surface area contributed by atoms with E-state index < -0.39 is 23.5 Å². The van der Waals surface area contributed by atoms with Gasteiger partial charge in [-0.05, 0) is 12.8 Å². The summed E-state index contributed by atoms with van der Waals surface area (Å²) in [5.41, 5.74) is -0.888. The number of hydrogen-bond acceptors (Lipinski definition) is 6. The molecule has 1 aliphatic heterocycles. The molecule has 3 heterocycles. The van der Waals surface area contributed by atoms with Crippen LogP contribution in [0.3, 0.4) is 0 Å². The SMILES string of the molecule is O=C(NC1(c2noc(C(F)(F)F)n2)CCCC1)c1cn2c(n1)COCC2. The van der Waals surface area contributed by atoms with E-state index in [-0.39, 0.29) is 11.5 Å². The van der Waals surface area contributed by atoms with Crippen molar-refractivity contribution in [2.75, 3.05) is 6.61 Å². The van der Waals surface area contributed by atoms with Crippen molar-refractivity contribution >= 4 is 5.91 Å². The average molecular weight is 371 g/mol. The van der Waals surface area contributed by atoms with Crippen molar-refractivity contribution in [1.29, 1.82) is 0 Å². The number of carbonyl (C=O) groups is 1. The molecular weight excluding hydrogens is 355 g/mol. The summed E-state index contributed by atoms with van der Waals surface area (Å²) in [6.07, 6.45) is -0.753. The van der Waals surface area contributed by atoms with E-state index in [0.29, 0.717) is 38.4 Å². The van der Waals surface area contributed by atoms with Gasteiger partial charge in [0.25, 0.3) is 5.91 Å². The van der Waals surface area contributed by atoms with Crippen LogP contribution in [0, 0.1) is 0 Å². The van der Waals surface area contributed by atoms with Gasteiger partial charge in [0.15, 0.2) is 5.82 Å². The van der Waals surface area contributed by atoms with E-state index in [9.17, 15) is 18.0 Å². The zero-order valence-corrected chi connectivity index (χ0v) is 13.7. The third-order valence-corrected chi connectivity index (χ3v) is 4.71. The number of carbonyl (C=O) groups excluding carboxylic acids is 1. The highest BCUT2D eigenvalue weighted by Crippen LogP contribution is 2.39. The van der Waals surface area contributed by atoms with Gasteiger partial charge in [-0.3, -0.25) is 4.79 Å². The van der Waals surface area contributed by atoms with Crippen LogP contribution in [0.4, 0.5) is 13.2 Å². The molecule has 2 aliphatic rings. The molecule has 4 rings (SSSR count). The van der Waals surface area contributed by atoms with Crippen LogP contribution in [0.25, 0.3) is 0 Å². The van der Waals surface area contributed by atoms with Crippen molar-refractivity contribution in [1.82, 2.24) is 25.0 Å². The second kappa shape index (κ2) is 6.08.